The van der Waals surface area contributed by atoms with E-state index in [1.54, 1.807) is 0 Å². The maximum atomic E-state index is 11.1. The number of benzene rings is 2. The van der Waals surface area contributed by atoms with Gasteiger partial charge in [0, 0.05) is 22.5 Å². The fourth-order valence-electron chi connectivity index (χ4n) is 2.04. The van der Waals surface area contributed by atoms with Crippen LogP contribution in [0.25, 0.3) is 0 Å². The van der Waals surface area contributed by atoms with Crippen molar-refractivity contribution < 1.29 is 9.53 Å². The minimum atomic E-state index is -0.371. The Morgan fingerprint density at radius 3 is 2.18 bits per heavy atom. The molecule has 0 aliphatic carbocycles. The van der Waals surface area contributed by atoms with Gasteiger partial charge in [-0.3, -0.25) is 0 Å². The Hall–Kier alpha value is -2.26. The molecule has 4 heteroatoms. The molecule has 0 saturated carbocycles. The Morgan fingerprint density at radius 2 is 1.64 bits per heavy atom. The van der Waals surface area contributed by atoms with E-state index < -0.39 is 0 Å². The molecule has 22 heavy (non-hydrogen) atoms. The number of methoxy groups -OCH3 is 1. The van der Waals surface area contributed by atoms with E-state index in [0.717, 1.165) is 22.8 Å². The first-order chi connectivity index (χ1) is 10.6. The van der Waals surface area contributed by atoms with Crippen LogP contribution >= 0.6 is 11.6 Å². The Labute approximate surface area is 135 Å². The molecular weight excluding hydrogens is 298 g/mol. The van der Waals surface area contributed by atoms with Gasteiger partial charge in [-0.25, -0.2) is 4.79 Å². The van der Waals surface area contributed by atoms with E-state index >= 15 is 0 Å². The maximum Gasteiger partial charge on any atom is 0.332 e. The molecule has 0 bridgehead atoms. The summed E-state index contributed by atoms with van der Waals surface area (Å²) in [7, 11) is 1.36. The third kappa shape index (κ3) is 4.93. The highest BCUT2D eigenvalue weighted by Crippen LogP contribution is 2.16. The Bertz CT molecular complexity index is 660. The molecule has 2 rings (SSSR count). The van der Waals surface area contributed by atoms with Crippen molar-refractivity contribution >= 4 is 23.3 Å². The van der Waals surface area contributed by atoms with Gasteiger partial charge in [0.2, 0.25) is 0 Å². The molecule has 0 radical (unpaired) electrons. The van der Waals surface area contributed by atoms with E-state index in [-0.39, 0.29) is 5.97 Å². The third-order valence-corrected chi connectivity index (χ3v) is 3.40. The van der Waals surface area contributed by atoms with E-state index in [1.165, 1.54) is 24.3 Å². The molecule has 0 heterocycles. The number of esters is 1. The molecule has 0 aliphatic rings. The van der Waals surface area contributed by atoms with Crippen LogP contribution in [-0.2, 0) is 16.0 Å². The van der Waals surface area contributed by atoms with Crippen LogP contribution in [-0.4, -0.2) is 13.1 Å². The van der Waals surface area contributed by atoms with Crippen LogP contribution in [0.3, 0.4) is 0 Å². The number of halogens is 1. The summed E-state index contributed by atoms with van der Waals surface area (Å²) in [5.41, 5.74) is 4.09. The molecule has 0 aliphatic heterocycles. The summed E-state index contributed by atoms with van der Waals surface area (Å²) in [4.78, 5) is 11.1. The van der Waals surface area contributed by atoms with Crippen LogP contribution < -0.4 is 5.32 Å². The second-order valence-corrected chi connectivity index (χ2v) is 5.41. The summed E-state index contributed by atoms with van der Waals surface area (Å²) in [6, 6.07) is 15.9. The van der Waals surface area contributed by atoms with Crippen molar-refractivity contribution in [2.45, 2.75) is 13.3 Å². The second kappa shape index (κ2) is 7.66. The zero-order valence-corrected chi connectivity index (χ0v) is 13.4. The van der Waals surface area contributed by atoms with Crippen LogP contribution in [0.15, 0.2) is 60.3 Å². The van der Waals surface area contributed by atoms with Crippen LogP contribution in [0.5, 0.6) is 0 Å². The first kappa shape index (κ1) is 16.1. The molecule has 0 saturated heterocycles. The van der Waals surface area contributed by atoms with Gasteiger partial charge in [-0.05, 0) is 48.7 Å². The third-order valence-electron chi connectivity index (χ3n) is 3.15. The fraction of sp³-hybridized carbons (Fsp3) is 0.167. The van der Waals surface area contributed by atoms with Gasteiger partial charge in [-0.15, -0.1) is 0 Å². The lowest BCUT2D eigenvalue weighted by molar-refractivity contribution is -0.134. The minimum Gasteiger partial charge on any atom is -0.466 e. The van der Waals surface area contributed by atoms with Crippen LogP contribution in [0.1, 0.15) is 18.1 Å². The van der Waals surface area contributed by atoms with Gasteiger partial charge in [-0.1, -0.05) is 35.9 Å². The average molecular weight is 316 g/mol. The highest BCUT2D eigenvalue weighted by Gasteiger charge is 2.00. The molecule has 0 aromatic heterocycles. The minimum absolute atomic E-state index is 0.371. The lowest BCUT2D eigenvalue weighted by Crippen LogP contribution is -2.02. The molecular formula is C18H18ClNO2. The molecule has 0 unspecified atom stereocenters. The van der Waals surface area contributed by atoms with Crippen molar-refractivity contribution in [3.05, 3.63) is 76.5 Å². The maximum absolute atomic E-state index is 11.1. The number of ether oxygens (including phenoxy) is 1. The summed E-state index contributed by atoms with van der Waals surface area (Å²) in [5.74, 6) is -0.371. The molecule has 2 aromatic rings. The van der Waals surface area contributed by atoms with Gasteiger partial charge < -0.3 is 10.1 Å². The number of anilines is 1. The summed E-state index contributed by atoms with van der Waals surface area (Å²) in [6.45, 7) is 1.82. The SMILES string of the molecule is COC(=O)C=C(C)Nc1ccc(Cc2ccc(Cl)cc2)cc1. The van der Waals surface area contributed by atoms with Crippen LogP contribution in [0.4, 0.5) is 5.69 Å². The van der Waals surface area contributed by atoms with E-state index in [1.807, 2.05) is 43.3 Å². The molecule has 0 atom stereocenters. The molecule has 1 N–H and O–H groups in total. The van der Waals surface area contributed by atoms with E-state index in [4.69, 9.17) is 11.6 Å². The first-order valence-corrected chi connectivity index (χ1v) is 7.31. The first-order valence-electron chi connectivity index (χ1n) is 6.93. The van der Waals surface area contributed by atoms with Crippen molar-refractivity contribution in [2.24, 2.45) is 0 Å². The quantitative estimate of drug-likeness (QED) is 0.655. The summed E-state index contributed by atoms with van der Waals surface area (Å²) < 4.78 is 4.59. The van der Waals surface area contributed by atoms with Crippen molar-refractivity contribution in [1.82, 2.24) is 0 Å². The van der Waals surface area contributed by atoms with Gasteiger partial charge in [0.15, 0.2) is 0 Å². The largest absolute Gasteiger partial charge is 0.466 e. The van der Waals surface area contributed by atoms with Crippen molar-refractivity contribution in [1.29, 1.82) is 0 Å². The molecule has 0 fully saturated rings. The number of hydrogen-bond acceptors (Lipinski definition) is 3. The Kier molecular flexibility index (Phi) is 5.61. The van der Waals surface area contributed by atoms with E-state index in [2.05, 4.69) is 22.2 Å². The Balaban J connectivity index is 1.99. The smallest absolute Gasteiger partial charge is 0.332 e. The van der Waals surface area contributed by atoms with E-state index in [9.17, 15) is 4.79 Å². The van der Waals surface area contributed by atoms with Crippen molar-refractivity contribution in [2.75, 3.05) is 12.4 Å². The zero-order valence-electron chi connectivity index (χ0n) is 12.6. The second-order valence-electron chi connectivity index (χ2n) is 4.98. The topological polar surface area (TPSA) is 38.3 Å². The molecule has 3 nitrogen and oxygen atoms in total. The zero-order chi connectivity index (χ0) is 15.9. The van der Waals surface area contributed by atoms with Crippen LogP contribution in [0, 0.1) is 0 Å². The van der Waals surface area contributed by atoms with Crippen molar-refractivity contribution in [3.8, 4) is 0 Å². The molecule has 0 amide bonds. The van der Waals surface area contributed by atoms with Gasteiger partial charge in [0.1, 0.15) is 0 Å². The summed E-state index contributed by atoms with van der Waals surface area (Å²) >= 11 is 5.88. The lowest BCUT2D eigenvalue weighted by atomic mass is 10.0. The molecule has 0 spiro atoms. The molecule has 2 aromatic carbocycles. The normalized spacial score (nSPS) is 11.1. The lowest BCUT2D eigenvalue weighted by Gasteiger charge is -2.08. The number of carbonyl (C=O) groups excluding carboxylic acids is 1. The number of hydrogen-bond donors (Lipinski definition) is 1. The number of allylic oxidation sites excluding steroid dienone is 1. The standard InChI is InChI=1S/C18H18ClNO2/c1-13(11-18(21)22-2)20-17-9-5-15(6-10-17)12-14-3-7-16(19)8-4-14/h3-11,20H,12H2,1-2H3. The van der Waals surface area contributed by atoms with E-state index in [0.29, 0.717) is 0 Å². The van der Waals surface area contributed by atoms with Gasteiger partial charge in [0.05, 0.1) is 7.11 Å². The molecule has 114 valence electrons. The average Bonchev–Trinajstić information content (AvgIpc) is 2.51. The summed E-state index contributed by atoms with van der Waals surface area (Å²) in [6.07, 6.45) is 2.27. The van der Waals surface area contributed by atoms with Gasteiger partial charge in [0.25, 0.3) is 0 Å². The van der Waals surface area contributed by atoms with Crippen LogP contribution in [0.2, 0.25) is 5.02 Å². The summed E-state index contributed by atoms with van der Waals surface area (Å²) in [5, 5.41) is 3.89. The van der Waals surface area contributed by atoms with Crippen molar-refractivity contribution in [3.63, 3.8) is 0 Å². The highest BCUT2D eigenvalue weighted by atomic mass is 35.5. The van der Waals surface area contributed by atoms with Gasteiger partial charge >= 0.3 is 5.97 Å². The predicted molar refractivity (Wildman–Crippen MR) is 90.1 cm³/mol. The number of nitrogens with one attached hydrogen (secondary N) is 1. The monoisotopic (exact) mass is 315 g/mol. The highest BCUT2D eigenvalue weighted by molar-refractivity contribution is 6.30. The van der Waals surface area contributed by atoms with Gasteiger partial charge in [-0.2, -0.15) is 0 Å². The number of carbonyl (C=O) groups is 1. The fourth-order valence-corrected chi connectivity index (χ4v) is 2.17. The Morgan fingerprint density at radius 1 is 1.09 bits per heavy atom. The number of rotatable bonds is 5. The predicted octanol–water partition coefficient (Wildman–Crippen LogP) is 4.42.